The fourth-order valence-electron chi connectivity index (χ4n) is 2.50. The highest BCUT2D eigenvalue weighted by Crippen LogP contribution is 2.31. The van der Waals surface area contributed by atoms with Crippen LogP contribution in [0.4, 0.5) is 0 Å². The average Bonchev–Trinajstić information content (AvgIpc) is 3.25. The normalized spacial score (nSPS) is 11.2. The Morgan fingerprint density at radius 1 is 1.10 bits per heavy atom. The largest absolute Gasteiger partial charge is 0.497 e. The number of aromatic nitrogens is 2. The molecule has 0 aliphatic heterocycles. The van der Waals surface area contributed by atoms with Crippen molar-refractivity contribution >= 4 is 16.0 Å². The highest BCUT2D eigenvalue weighted by atomic mass is 32.2. The second-order valence-corrected chi connectivity index (χ2v) is 7.77. The van der Waals surface area contributed by atoms with Crippen molar-refractivity contribution in [1.82, 2.24) is 14.9 Å². The van der Waals surface area contributed by atoms with Gasteiger partial charge in [-0.15, -0.1) is 0 Å². The van der Waals surface area contributed by atoms with Gasteiger partial charge in [-0.3, -0.25) is 0 Å². The number of rotatable bonds is 8. The maximum absolute atomic E-state index is 12.2. The monoisotopic (exact) mass is 433 g/mol. The molecule has 1 aromatic heterocycles. The Morgan fingerprint density at radius 3 is 2.47 bits per heavy atom. The second-order valence-electron chi connectivity index (χ2n) is 5.89. The maximum Gasteiger partial charge on any atom is 0.338 e. The summed E-state index contributed by atoms with van der Waals surface area (Å²) in [6.45, 7) is -0.249. The van der Waals surface area contributed by atoms with E-state index in [0.717, 1.165) is 0 Å². The molecule has 0 amide bonds. The van der Waals surface area contributed by atoms with Gasteiger partial charge in [0.15, 0.2) is 6.61 Å². The molecule has 0 fully saturated rings. The van der Waals surface area contributed by atoms with Crippen LogP contribution in [0.25, 0.3) is 11.4 Å². The molecule has 10 nitrogen and oxygen atoms in total. The van der Waals surface area contributed by atoms with Crippen molar-refractivity contribution in [3.63, 3.8) is 0 Å². The Bertz CT molecular complexity index is 1140. The summed E-state index contributed by atoms with van der Waals surface area (Å²) in [6.07, 6.45) is 0. The van der Waals surface area contributed by atoms with Crippen molar-refractivity contribution in [2.24, 2.45) is 0 Å². The summed E-state index contributed by atoms with van der Waals surface area (Å²) in [4.78, 5) is 16.4. The number of methoxy groups -OCH3 is 2. The average molecular weight is 433 g/mol. The van der Waals surface area contributed by atoms with E-state index in [4.69, 9.17) is 18.7 Å². The zero-order chi connectivity index (χ0) is 21.7. The zero-order valence-electron chi connectivity index (χ0n) is 16.4. The van der Waals surface area contributed by atoms with E-state index < -0.39 is 16.0 Å². The third-order valence-corrected chi connectivity index (χ3v) is 5.54. The highest BCUT2D eigenvalue weighted by molar-refractivity contribution is 7.89. The van der Waals surface area contributed by atoms with Gasteiger partial charge >= 0.3 is 5.97 Å². The Kier molecular flexibility index (Phi) is 6.33. The zero-order valence-corrected chi connectivity index (χ0v) is 17.2. The van der Waals surface area contributed by atoms with Gasteiger partial charge in [0.25, 0.3) is 5.89 Å². The van der Waals surface area contributed by atoms with Crippen molar-refractivity contribution in [2.75, 3.05) is 21.3 Å². The van der Waals surface area contributed by atoms with Crippen LogP contribution in [0.5, 0.6) is 11.5 Å². The minimum Gasteiger partial charge on any atom is -0.497 e. The Hall–Kier alpha value is -3.44. The summed E-state index contributed by atoms with van der Waals surface area (Å²) in [5.41, 5.74) is 0.766. The molecule has 0 saturated carbocycles. The van der Waals surface area contributed by atoms with Crippen LogP contribution in [0.15, 0.2) is 51.9 Å². The van der Waals surface area contributed by atoms with Gasteiger partial charge in [0.1, 0.15) is 11.5 Å². The minimum atomic E-state index is -3.58. The molecule has 0 saturated heterocycles. The summed E-state index contributed by atoms with van der Waals surface area (Å²) in [6, 6.07) is 10.5. The lowest BCUT2D eigenvalue weighted by Crippen LogP contribution is -2.18. The standard InChI is InChI=1S/C19H19N3O7S/c1-20-30(24,25)14-7-4-12(5-8-14)19(23)28-11-17-21-18(22-29-17)15-9-6-13(26-2)10-16(15)27-3/h4-10,20H,11H2,1-3H3. The van der Waals surface area contributed by atoms with Crippen LogP contribution in [0, 0.1) is 0 Å². The maximum atomic E-state index is 12.2. The Morgan fingerprint density at radius 2 is 1.83 bits per heavy atom. The predicted octanol–water partition coefficient (Wildman–Crippen LogP) is 2.02. The molecule has 0 aliphatic carbocycles. The molecule has 3 aromatic rings. The van der Waals surface area contributed by atoms with Gasteiger partial charge in [-0.05, 0) is 43.4 Å². The first-order valence-corrected chi connectivity index (χ1v) is 10.1. The molecule has 158 valence electrons. The Labute approximate surface area is 172 Å². The smallest absolute Gasteiger partial charge is 0.338 e. The first kappa shape index (κ1) is 21.3. The van der Waals surface area contributed by atoms with Gasteiger partial charge < -0.3 is 18.7 Å². The van der Waals surface area contributed by atoms with Gasteiger partial charge in [-0.2, -0.15) is 4.98 Å². The van der Waals surface area contributed by atoms with Crippen molar-refractivity contribution in [3.05, 3.63) is 53.9 Å². The van der Waals surface area contributed by atoms with Crippen LogP contribution in [-0.4, -0.2) is 45.8 Å². The van der Waals surface area contributed by atoms with Gasteiger partial charge in [0.2, 0.25) is 15.8 Å². The molecule has 1 heterocycles. The minimum absolute atomic E-state index is 0.0385. The van der Waals surface area contributed by atoms with E-state index in [-0.39, 0.29) is 28.8 Å². The van der Waals surface area contributed by atoms with Gasteiger partial charge in [-0.1, -0.05) is 5.16 Å². The molecule has 0 spiro atoms. The van der Waals surface area contributed by atoms with Crippen molar-refractivity contribution in [2.45, 2.75) is 11.5 Å². The van der Waals surface area contributed by atoms with Crippen molar-refractivity contribution in [1.29, 1.82) is 0 Å². The molecule has 0 unspecified atom stereocenters. The number of hydrogen-bond donors (Lipinski definition) is 1. The quantitative estimate of drug-likeness (QED) is 0.530. The Balaban J connectivity index is 1.68. The third kappa shape index (κ3) is 4.58. The van der Waals surface area contributed by atoms with Crippen molar-refractivity contribution in [3.8, 4) is 22.9 Å². The molecule has 2 aromatic carbocycles. The highest BCUT2D eigenvalue weighted by Gasteiger charge is 2.17. The van der Waals surface area contributed by atoms with E-state index in [1.54, 1.807) is 25.3 Å². The summed E-state index contributed by atoms with van der Waals surface area (Å²) >= 11 is 0. The molecule has 1 N–H and O–H groups in total. The molecule has 30 heavy (non-hydrogen) atoms. The van der Waals surface area contributed by atoms with E-state index in [1.807, 2.05) is 0 Å². The predicted molar refractivity (Wildman–Crippen MR) is 105 cm³/mol. The molecule has 11 heteroatoms. The first-order chi connectivity index (χ1) is 14.4. The van der Waals surface area contributed by atoms with Gasteiger partial charge in [0, 0.05) is 6.07 Å². The van der Waals surface area contributed by atoms with Crippen LogP contribution in [0.1, 0.15) is 16.2 Å². The SMILES string of the molecule is CNS(=O)(=O)c1ccc(C(=O)OCc2nc(-c3ccc(OC)cc3OC)no2)cc1. The lowest BCUT2D eigenvalue weighted by Gasteiger charge is -2.07. The number of carbonyl (C=O) groups is 1. The molecule has 0 atom stereocenters. The summed E-state index contributed by atoms with van der Waals surface area (Å²) in [5.74, 6) is 0.801. The number of esters is 1. The number of sulfonamides is 1. The number of benzene rings is 2. The lowest BCUT2D eigenvalue weighted by atomic mass is 10.2. The van der Waals surface area contributed by atoms with Crippen molar-refractivity contribution < 1.29 is 31.9 Å². The molecular formula is C19H19N3O7S. The number of nitrogens with zero attached hydrogens (tertiary/aromatic N) is 2. The van der Waals surface area contributed by atoms with E-state index in [9.17, 15) is 13.2 Å². The first-order valence-electron chi connectivity index (χ1n) is 8.63. The molecule has 0 radical (unpaired) electrons. The van der Waals surface area contributed by atoms with Gasteiger partial charge in [-0.25, -0.2) is 17.9 Å². The second kappa shape index (κ2) is 8.93. The number of ether oxygens (including phenoxy) is 3. The summed E-state index contributed by atoms with van der Waals surface area (Å²) in [5, 5.41) is 3.88. The van der Waals surface area contributed by atoms with Crippen LogP contribution < -0.4 is 14.2 Å². The number of hydrogen-bond acceptors (Lipinski definition) is 9. The topological polar surface area (TPSA) is 130 Å². The third-order valence-electron chi connectivity index (χ3n) is 4.11. The van der Waals surface area contributed by atoms with Gasteiger partial charge in [0.05, 0.1) is 30.2 Å². The van der Waals surface area contributed by atoms with E-state index in [0.29, 0.717) is 17.1 Å². The molecular weight excluding hydrogens is 414 g/mol. The fraction of sp³-hybridized carbons (Fsp3) is 0.211. The number of carbonyl (C=O) groups excluding carboxylic acids is 1. The molecule has 0 bridgehead atoms. The van der Waals surface area contributed by atoms with Crippen LogP contribution in [0.2, 0.25) is 0 Å². The van der Waals surface area contributed by atoms with Crippen LogP contribution in [-0.2, 0) is 21.4 Å². The lowest BCUT2D eigenvalue weighted by molar-refractivity contribution is 0.0429. The van der Waals surface area contributed by atoms with E-state index in [1.165, 1.54) is 38.4 Å². The molecule has 3 rings (SSSR count). The van der Waals surface area contributed by atoms with E-state index in [2.05, 4.69) is 14.9 Å². The summed E-state index contributed by atoms with van der Waals surface area (Å²) < 4.78 is 46.4. The van der Waals surface area contributed by atoms with Crippen LogP contribution in [0.3, 0.4) is 0 Å². The number of nitrogens with one attached hydrogen (secondary N) is 1. The molecule has 0 aliphatic rings. The van der Waals surface area contributed by atoms with Crippen LogP contribution >= 0.6 is 0 Å². The summed E-state index contributed by atoms with van der Waals surface area (Å²) in [7, 11) is 0.772. The van der Waals surface area contributed by atoms with E-state index >= 15 is 0 Å². The fourth-order valence-corrected chi connectivity index (χ4v) is 3.23.